The van der Waals surface area contributed by atoms with E-state index >= 15 is 0 Å². The van der Waals surface area contributed by atoms with Gasteiger partial charge >= 0.3 is 18.2 Å². The van der Waals surface area contributed by atoms with Crippen molar-refractivity contribution in [3.63, 3.8) is 0 Å². The highest BCUT2D eigenvalue weighted by atomic mass is 16.6. The Morgan fingerprint density at radius 1 is 1.19 bits per heavy atom. The van der Waals surface area contributed by atoms with Crippen LogP contribution in [0.2, 0.25) is 0 Å². The van der Waals surface area contributed by atoms with Crippen LogP contribution in [0.25, 0.3) is 0 Å². The lowest BCUT2D eigenvalue weighted by Crippen LogP contribution is -2.49. The number of alkyl carbamates (subject to hydrolysis) is 1. The van der Waals surface area contributed by atoms with Crippen LogP contribution in [-0.4, -0.2) is 97.9 Å². The van der Waals surface area contributed by atoms with Gasteiger partial charge in [0.25, 0.3) is 0 Å². The number of piperazine rings is 1. The molecule has 0 spiro atoms. The molecule has 11 heteroatoms. The summed E-state index contributed by atoms with van der Waals surface area (Å²) in [5.74, 6) is -0.882. The van der Waals surface area contributed by atoms with Crippen molar-refractivity contribution in [1.29, 1.82) is 5.41 Å². The van der Waals surface area contributed by atoms with Crippen molar-refractivity contribution in [2.24, 2.45) is 0 Å². The van der Waals surface area contributed by atoms with Crippen LogP contribution < -0.4 is 10.2 Å². The molecule has 168 valence electrons. The predicted molar refractivity (Wildman–Crippen MR) is 112 cm³/mol. The Kier molecular flexibility index (Phi) is 7.42. The van der Waals surface area contributed by atoms with Gasteiger partial charge in [-0.05, 0) is 24.3 Å². The summed E-state index contributed by atoms with van der Waals surface area (Å²) in [6, 6.07) is 6.69. The molecule has 1 unspecified atom stereocenters. The minimum absolute atomic E-state index is 0.0947. The number of hydrogen-bond donors (Lipinski definition) is 3. The smallest absolute Gasteiger partial charge is 0.414 e. The van der Waals surface area contributed by atoms with E-state index in [-0.39, 0.29) is 18.4 Å². The number of carbonyl (C=O) groups is 3. The number of amides is 2. The first kappa shape index (κ1) is 22.5. The van der Waals surface area contributed by atoms with Crippen LogP contribution in [0.15, 0.2) is 24.3 Å². The lowest BCUT2D eigenvalue weighted by Gasteiger charge is -2.35. The molecule has 11 nitrogen and oxygen atoms in total. The molecule has 0 aromatic heterocycles. The van der Waals surface area contributed by atoms with E-state index in [1.165, 1.54) is 7.11 Å². The van der Waals surface area contributed by atoms with Gasteiger partial charge in [-0.3, -0.25) is 25.3 Å². The molecular formula is C20H27N5O6. The quantitative estimate of drug-likeness (QED) is 0.424. The van der Waals surface area contributed by atoms with Crippen molar-refractivity contribution in [3.05, 3.63) is 29.8 Å². The van der Waals surface area contributed by atoms with Crippen molar-refractivity contribution in [2.45, 2.75) is 12.5 Å². The number of cyclic esters (lactones) is 1. The summed E-state index contributed by atoms with van der Waals surface area (Å²) in [7, 11) is 1.22. The number of carboxylic acids is 1. The number of amidine groups is 1. The number of nitrogens with one attached hydrogen (secondary N) is 2. The highest BCUT2D eigenvalue weighted by Crippen LogP contribution is 2.23. The van der Waals surface area contributed by atoms with Crippen LogP contribution in [0.1, 0.15) is 12.0 Å². The van der Waals surface area contributed by atoms with E-state index in [0.29, 0.717) is 30.9 Å². The van der Waals surface area contributed by atoms with Gasteiger partial charge in [0.15, 0.2) is 0 Å². The van der Waals surface area contributed by atoms with E-state index < -0.39 is 18.2 Å². The first-order valence-corrected chi connectivity index (χ1v) is 10.0. The van der Waals surface area contributed by atoms with Gasteiger partial charge < -0.3 is 19.5 Å². The summed E-state index contributed by atoms with van der Waals surface area (Å²) in [6.45, 7) is 4.80. The van der Waals surface area contributed by atoms with Crippen LogP contribution in [0.4, 0.5) is 15.3 Å². The third-order valence-corrected chi connectivity index (χ3v) is 5.32. The van der Waals surface area contributed by atoms with E-state index in [4.69, 9.17) is 15.3 Å². The third-order valence-electron chi connectivity index (χ3n) is 5.32. The lowest BCUT2D eigenvalue weighted by molar-refractivity contribution is -0.137. The lowest BCUT2D eigenvalue weighted by atomic mass is 10.1. The largest absolute Gasteiger partial charge is 0.481 e. The molecule has 2 heterocycles. The van der Waals surface area contributed by atoms with Gasteiger partial charge in [0.05, 0.1) is 20.1 Å². The molecule has 3 N–H and O–H groups in total. The number of ether oxygens (including phenoxy) is 2. The van der Waals surface area contributed by atoms with Crippen molar-refractivity contribution in [3.8, 4) is 0 Å². The van der Waals surface area contributed by atoms with Crippen molar-refractivity contribution in [2.75, 3.05) is 57.8 Å². The first-order valence-electron chi connectivity index (χ1n) is 10.0. The molecule has 2 saturated heterocycles. The van der Waals surface area contributed by atoms with Crippen LogP contribution >= 0.6 is 0 Å². The fraction of sp³-hybridized carbons (Fsp3) is 0.500. The van der Waals surface area contributed by atoms with Crippen LogP contribution in [-0.2, 0) is 14.3 Å². The molecule has 31 heavy (non-hydrogen) atoms. The second kappa shape index (κ2) is 10.2. The fourth-order valence-corrected chi connectivity index (χ4v) is 3.60. The Hall–Kier alpha value is -3.18. The Balaban J connectivity index is 1.48. The predicted octanol–water partition coefficient (Wildman–Crippen LogP) is 0.785. The monoisotopic (exact) mass is 433 g/mol. The summed E-state index contributed by atoms with van der Waals surface area (Å²) in [6.07, 6.45) is -1.24. The number of rotatable bonds is 7. The minimum atomic E-state index is -0.787. The second-order valence-electron chi connectivity index (χ2n) is 7.44. The Morgan fingerprint density at radius 3 is 2.45 bits per heavy atom. The zero-order chi connectivity index (χ0) is 22.4. The van der Waals surface area contributed by atoms with Crippen molar-refractivity contribution >= 4 is 29.7 Å². The summed E-state index contributed by atoms with van der Waals surface area (Å²) >= 11 is 0. The number of methoxy groups -OCH3 is 1. The summed E-state index contributed by atoms with van der Waals surface area (Å²) in [4.78, 5) is 40.2. The molecule has 0 bridgehead atoms. The van der Waals surface area contributed by atoms with Gasteiger partial charge in [-0.2, -0.15) is 0 Å². The Labute approximate surface area is 180 Å². The molecule has 3 rings (SSSR count). The summed E-state index contributed by atoms with van der Waals surface area (Å²) < 4.78 is 9.99. The number of aliphatic carboxylic acids is 1. The summed E-state index contributed by atoms with van der Waals surface area (Å²) in [5, 5.41) is 19.0. The molecule has 2 amide bonds. The average molecular weight is 433 g/mol. The highest BCUT2D eigenvalue weighted by molar-refractivity contribution is 6.04. The molecule has 0 aliphatic carbocycles. The van der Waals surface area contributed by atoms with Gasteiger partial charge in [0.2, 0.25) is 0 Å². The zero-order valence-corrected chi connectivity index (χ0v) is 17.4. The molecule has 1 aromatic carbocycles. The maximum atomic E-state index is 12.3. The fourth-order valence-electron chi connectivity index (χ4n) is 3.60. The zero-order valence-electron chi connectivity index (χ0n) is 17.4. The maximum Gasteiger partial charge on any atom is 0.414 e. The van der Waals surface area contributed by atoms with Crippen molar-refractivity contribution in [1.82, 2.24) is 15.1 Å². The SMILES string of the molecule is COC(=O)NC(=N)c1ccc(N2CC(CN3CCN(CCC(=O)O)CC3)OC2=O)cc1. The molecule has 2 aliphatic rings. The average Bonchev–Trinajstić information content (AvgIpc) is 3.13. The van der Waals surface area contributed by atoms with E-state index in [2.05, 4.69) is 19.9 Å². The van der Waals surface area contributed by atoms with Crippen LogP contribution in [0.5, 0.6) is 0 Å². The highest BCUT2D eigenvalue weighted by Gasteiger charge is 2.34. The van der Waals surface area contributed by atoms with Crippen LogP contribution in [0, 0.1) is 5.41 Å². The Morgan fingerprint density at radius 2 is 1.84 bits per heavy atom. The standard InChI is InChI=1S/C20H27N5O6/c1-30-19(28)22-18(21)14-2-4-15(5-3-14)25-13-16(31-20(25)29)12-24-10-8-23(9-11-24)7-6-17(26)27/h2-5,16H,6-13H2,1H3,(H,26,27)(H2,21,22,28). The topological polar surface area (TPSA) is 136 Å². The van der Waals surface area contributed by atoms with E-state index in [1.807, 2.05) is 0 Å². The third kappa shape index (κ3) is 6.15. The molecule has 1 aromatic rings. The number of anilines is 1. The first-order chi connectivity index (χ1) is 14.9. The number of carboxylic acid groups (broad SMARTS) is 1. The molecular weight excluding hydrogens is 406 g/mol. The van der Waals surface area contributed by atoms with E-state index in [0.717, 1.165) is 26.2 Å². The van der Waals surface area contributed by atoms with Gasteiger partial charge in [-0.1, -0.05) is 0 Å². The molecule has 1 atom stereocenters. The van der Waals surface area contributed by atoms with E-state index in [1.54, 1.807) is 29.2 Å². The minimum Gasteiger partial charge on any atom is -0.481 e. The summed E-state index contributed by atoms with van der Waals surface area (Å²) in [5.41, 5.74) is 1.14. The van der Waals surface area contributed by atoms with Gasteiger partial charge in [0.1, 0.15) is 11.9 Å². The maximum absolute atomic E-state index is 12.3. The number of hydrogen-bond acceptors (Lipinski definition) is 8. The number of carbonyl (C=O) groups excluding carboxylic acids is 2. The molecule has 2 aliphatic heterocycles. The van der Waals surface area contributed by atoms with Gasteiger partial charge in [-0.15, -0.1) is 0 Å². The molecule has 2 fully saturated rings. The van der Waals surface area contributed by atoms with Gasteiger partial charge in [0, 0.05) is 50.5 Å². The number of nitrogens with zero attached hydrogens (tertiary/aromatic N) is 3. The number of benzene rings is 1. The van der Waals surface area contributed by atoms with Crippen molar-refractivity contribution < 1.29 is 29.0 Å². The van der Waals surface area contributed by atoms with Crippen LogP contribution in [0.3, 0.4) is 0 Å². The van der Waals surface area contributed by atoms with E-state index in [9.17, 15) is 14.4 Å². The van der Waals surface area contributed by atoms with Gasteiger partial charge in [-0.25, -0.2) is 9.59 Å². The normalized spacial score (nSPS) is 19.7. The molecule has 0 saturated carbocycles. The Bertz CT molecular complexity index is 822. The molecule has 0 radical (unpaired) electrons. The second-order valence-corrected chi connectivity index (χ2v) is 7.44.